The number of nitrogens with two attached hydrogens (primary N) is 1. The van der Waals surface area contributed by atoms with Crippen molar-refractivity contribution in [3.8, 4) is 40.3 Å². The standard InChI is InChI=1S/C24H27N5O5S/c1-30-15-6-7-16(31-2)19(12-15)35-24-27-20-22(25)26-13-29(23(20)28-24)9-8-14-10-17(32-3)21(34-5)18(11-14)33-4/h6-7,10-13H,8-9,25H2,1-5H3. The molecular formula is C24H27N5O5S. The molecule has 11 heteroatoms. The average molecular weight is 498 g/mol. The van der Waals surface area contributed by atoms with Crippen LogP contribution in [0.3, 0.4) is 0 Å². The molecule has 0 bridgehead atoms. The quantitative estimate of drug-likeness (QED) is 0.347. The van der Waals surface area contributed by atoms with Gasteiger partial charge in [0.05, 0.1) is 46.8 Å². The van der Waals surface area contributed by atoms with Crippen LogP contribution in [0, 0.1) is 0 Å². The summed E-state index contributed by atoms with van der Waals surface area (Å²) >= 11 is 1.37. The van der Waals surface area contributed by atoms with Crippen LogP contribution in [0.2, 0.25) is 0 Å². The minimum atomic E-state index is 0.320. The Hall–Kier alpha value is -3.86. The second-order valence-electron chi connectivity index (χ2n) is 7.40. The Kier molecular flexibility index (Phi) is 7.35. The van der Waals surface area contributed by atoms with Crippen molar-refractivity contribution in [2.75, 3.05) is 41.3 Å². The molecule has 2 aliphatic rings. The molecule has 2 N–H and O–H groups in total. The first-order valence-corrected chi connectivity index (χ1v) is 11.5. The Morgan fingerprint density at radius 1 is 0.857 bits per heavy atom. The number of anilines is 1. The number of nitrogens with zero attached hydrogens (tertiary/aromatic N) is 4. The number of aryl methyl sites for hydroxylation is 2. The molecule has 10 nitrogen and oxygen atoms in total. The summed E-state index contributed by atoms with van der Waals surface area (Å²) < 4.78 is 29.1. The number of rotatable bonds is 10. The third-order valence-electron chi connectivity index (χ3n) is 5.41. The normalized spacial score (nSPS) is 10.9. The zero-order valence-corrected chi connectivity index (χ0v) is 21.0. The van der Waals surface area contributed by atoms with Crippen LogP contribution >= 0.6 is 11.8 Å². The molecule has 35 heavy (non-hydrogen) atoms. The molecule has 2 aromatic carbocycles. The predicted octanol–water partition coefficient (Wildman–Crippen LogP) is 3.80. The van der Waals surface area contributed by atoms with E-state index in [2.05, 4.69) is 9.97 Å². The molecule has 0 spiro atoms. The average Bonchev–Trinajstić information content (AvgIpc) is 3.32. The van der Waals surface area contributed by atoms with Gasteiger partial charge in [0.1, 0.15) is 11.5 Å². The van der Waals surface area contributed by atoms with Crippen molar-refractivity contribution >= 4 is 17.6 Å². The lowest BCUT2D eigenvalue weighted by Crippen LogP contribution is -2.10. The van der Waals surface area contributed by atoms with E-state index in [1.165, 1.54) is 11.8 Å². The van der Waals surface area contributed by atoms with Crippen molar-refractivity contribution in [1.29, 1.82) is 0 Å². The van der Waals surface area contributed by atoms with Gasteiger partial charge in [-0.3, -0.25) is 0 Å². The van der Waals surface area contributed by atoms with Gasteiger partial charge in [0.15, 0.2) is 34.0 Å². The monoisotopic (exact) mass is 497 g/mol. The van der Waals surface area contributed by atoms with Gasteiger partial charge in [-0.1, -0.05) is 0 Å². The molecule has 0 saturated carbocycles. The fourth-order valence-electron chi connectivity index (χ4n) is 3.63. The van der Waals surface area contributed by atoms with Gasteiger partial charge in [-0.2, -0.15) is 0 Å². The van der Waals surface area contributed by atoms with E-state index in [4.69, 9.17) is 34.4 Å². The third-order valence-corrected chi connectivity index (χ3v) is 6.31. The summed E-state index contributed by atoms with van der Waals surface area (Å²) in [4.78, 5) is 14.5. The van der Waals surface area contributed by atoms with E-state index in [9.17, 15) is 0 Å². The fourth-order valence-corrected chi connectivity index (χ4v) is 4.53. The van der Waals surface area contributed by atoms with Crippen LogP contribution < -0.4 is 29.4 Å². The first kappa shape index (κ1) is 24.3. The van der Waals surface area contributed by atoms with Gasteiger partial charge in [-0.25, -0.2) is 15.0 Å². The molecular weight excluding hydrogens is 470 g/mol. The van der Waals surface area contributed by atoms with Crippen LogP contribution in [0.15, 0.2) is 46.7 Å². The van der Waals surface area contributed by atoms with Crippen molar-refractivity contribution in [3.05, 3.63) is 42.2 Å². The van der Waals surface area contributed by atoms with Crippen molar-refractivity contribution in [2.24, 2.45) is 0 Å². The van der Waals surface area contributed by atoms with Gasteiger partial charge >= 0.3 is 0 Å². The molecule has 4 rings (SSSR count). The molecule has 2 aliphatic heterocycles. The second kappa shape index (κ2) is 10.6. The largest absolute Gasteiger partial charge is 0.497 e. The van der Waals surface area contributed by atoms with Crippen LogP contribution in [0.5, 0.6) is 28.7 Å². The fraction of sp³-hybridized carbons (Fsp3) is 0.292. The number of aromatic nitrogens is 4. The number of hydrogen-bond donors (Lipinski definition) is 1. The summed E-state index contributed by atoms with van der Waals surface area (Å²) in [6, 6.07) is 9.42. The highest BCUT2D eigenvalue weighted by molar-refractivity contribution is 7.99. The minimum absolute atomic E-state index is 0.320. The molecule has 0 atom stereocenters. The Labute approximate surface area is 207 Å². The smallest absolute Gasteiger partial charge is 0.203 e. The van der Waals surface area contributed by atoms with Gasteiger partial charge < -0.3 is 34.0 Å². The van der Waals surface area contributed by atoms with Gasteiger partial charge in [0.25, 0.3) is 0 Å². The first-order valence-electron chi connectivity index (χ1n) is 10.7. The molecule has 0 radical (unpaired) electrons. The third kappa shape index (κ3) is 4.99. The van der Waals surface area contributed by atoms with Crippen molar-refractivity contribution < 1.29 is 23.7 Å². The molecule has 2 heterocycles. The molecule has 184 valence electrons. The summed E-state index contributed by atoms with van der Waals surface area (Å²) in [5, 5.41) is 0.535. The Balaban J connectivity index is 1.62. The highest BCUT2D eigenvalue weighted by Crippen LogP contribution is 2.40. The zero-order valence-electron chi connectivity index (χ0n) is 20.2. The predicted molar refractivity (Wildman–Crippen MR) is 132 cm³/mol. The van der Waals surface area contributed by atoms with E-state index in [1.54, 1.807) is 41.9 Å². The van der Waals surface area contributed by atoms with Crippen LogP contribution in [0.1, 0.15) is 5.56 Å². The molecule has 0 fully saturated rings. The topological polar surface area (TPSA) is 116 Å². The molecule has 0 aliphatic carbocycles. The molecule has 0 saturated heterocycles. The lowest BCUT2D eigenvalue weighted by Gasteiger charge is -2.15. The Bertz CT molecular complexity index is 1270. The maximum Gasteiger partial charge on any atom is 0.203 e. The van der Waals surface area contributed by atoms with Crippen molar-refractivity contribution in [3.63, 3.8) is 0 Å². The van der Waals surface area contributed by atoms with Crippen LogP contribution in [0.25, 0.3) is 11.5 Å². The maximum absolute atomic E-state index is 6.12. The first-order chi connectivity index (χ1) is 17.0. The SMILES string of the molecule is COc1ccc(OC)c(Sc2nc3c(N)ncn(CCc4cc(OC)c(OC)c(OC)c4)c-3n2)c1. The lowest BCUT2D eigenvalue weighted by molar-refractivity contribution is 0.323. The van der Waals surface area contributed by atoms with E-state index in [1.807, 2.05) is 34.9 Å². The van der Waals surface area contributed by atoms with Crippen LogP contribution in [0.4, 0.5) is 5.82 Å². The summed E-state index contributed by atoms with van der Waals surface area (Å²) in [6.45, 7) is 0.591. The second-order valence-corrected chi connectivity index (χ2v) is 8.41. The van der Waals surface area contributed by atoms with E-state index < -0.39 is 0 Å². The van der Waals surface area contributed by atoms with Gasteiger partial charge in [0.2, 0.25) is 5.75 Å². The minimum Gasteiger partial charge on any atom is -0.497 e. The summed E-state index contributed by atoms with van der Waals surface area (Å²) in [7, 11) is 8.01. The van der Waals surface area contributed by atoms with Gasteiger partial charge in [-0.15, -0.1) is 0 Å². The van der Waals surface area contributed by atoms with Crippen LogP contribution in [-0.4, -0.2) is 55.1 Å². The van der Waals surface area contributed by atoms with E-state index >= 15 is 0 Å². The maximum atomic E-state index is 6.12. The highest BCUT2D eigenvalue weighted by atomic mass is 32.2. The Morgan fingerprint density at radius 2 is 1.57 bits per heavy atom. The number of benzene rings is 2. The van der Waals surface area contributed by atoms with Gasteiger partial charge in [-0.05, 0) is 54.1 Å². The Morgan fingerprint density at radius 3 is 2.20 bits per heavy atom. The number of nitrogen functional groups attached to an aromatic ring is 1. The molecule has 0 amide bonds. The molecule has 0 unspecified atom stereocenters. The number of imidazole rings is 1. The molecule has 0 aromatic heterocycles. The van der Waals surface area contributed by atoms with E-state index in [0.717, 1.165) is 10.5 Å². The number of fused-ring (bicyclic) bond motifs is 1. The van der Waals surface area contributed by atoms with Gasteiger partial charge in [0, 0.05) is 6.54 Å². The summed E-state index contributed by atoms with van der Waals surface area (Å²) in [5.41, 5.74) is 7.67. The number of ether oxygens (including phenoxy) is 5. The lowest BCUT2D eigenvalue weighted by atomic mass is 10.1. The summed E-state index contributed by atoms with van der Waals surface area (Å²) in [5.74, 6) is 4.14. The summed E-state index contributed by atoms with van der Waals surface area (Å²) in [6.07, 6.45) is 2.34. The van der Waals surface area contributed by atoms with Crippen molar-refractivity contribution in [1.82, 2.24) is 19.5 Å². The van der Waals surface area contributed by atoms with Crippen molar-refractivity contribution in [2.45, 2.75) is 23.0 Å². The van der Waals surface area contributed by atoms with E-state index in [0.29, 0.717) is 64.2 Å². The zero-order chi connectivity index (χ0) is 24.9. The molecule has 2 aromatic rings. The van der Waals surface area contributed by atoms with E-state index in [-0.39, 0.29) is 0 Å². The highest BCUT2D eigenvalue weighted by Gasteiger charge is 2.21. The number of methoxy groups -OCH3 is 5. The van der Waals surface area contributed by atoms with Crippen LogP contribution in [-0.2, 0) is 13.0 Å². The number of hydrogen-bond acceptors (Lipinski definition) is 10.